The summed E-state index contributed by atoms with van der Waals surface area (Å²) in [6.07, 6.45) is 3.63. The second-order valence-electron chi connectivity index (χ2n) is 9.00. The first-order chi connectivity index (χ1) is 16.9. The summed E-state index contributed by atoms with van der Waals surface area (Å²) in [5, 5.41) is 9.09. The minimum absolute atomic E-state index is 0.0433. The zero-order chi connectivity index (χ0) is 24.5. The second kappa shape index (κ2) is 9.17. The molecule has 3 N–H and O–H groups in total. The molecule has 4 aromatic rings. The van der Waals surface area contributed by atoms with Crippen molar-refractivity contribution in [2.24, 2.45) is 0 Å². The molecule has 2 amide bonds. The number of amides is 2. The van der Waals surface area contributed by atoms with Gasteiger partial charge in [0.05, 0.1) is 0 Å². The molecule has 1 fully saturated rings. The van der Waals surface area contributed by atoms with Gasteiger partial charge in [0, 0.05) is 41.5 Å². The van der Waals surface area contributed by atoms with Crippen molar-refractivity contribution in [3.63, 3.8) is 0 Å². The van der Waals surface area contributed by atoms with Crippen molar-refractivity contribution >= 4 is 40.2 Å². The summed E-state index contributed by atoms with van der Waals surface area (Å²) in [6, 6.07) is 15.3. The van der Waals surface area contributed by atoms with Gasteiger partial charge in [0.15, 0.2) is 17.0 Å². The number of aromatic nitrogens is 4. The molecule has 0 spiro atoms. The molecule has 0 atom stereocenters. The first-order valence-electron chi connectivity index (χ1n) is 11.7. The smallest absolute Gasteiger partial charge is 0.251 e. The molecule has 0 radical (unpaired) electrons. The third kappa shape index (κ3) is 4.84. The Hall–Kier alpha value is -4.27. The van der Waals surface area contributed by atoms with Crippen LogP contribution in [0.1, 0.15) is 50.0 Å². The minimum Gasteiger partial charge on any atom is -0.349 e. The van der Waals surface area contributed by atoms with Crippen molar-refractivity contribution in [1.82, 2.24) is 24.8 Å². The van der Waals surface area contributed by atoms with Gasteiger partial charge in [0.25, 0.3) is 5.91 Å². The first-order valence-corrected chi connectivity index (χ1v) is 11.7. The highest BCUT2D eigenvalue weighted by Gasteiger charge is 2.24. The van der Waals surface area contributed by atoms with Crippen molar-refractivity contribution < 1.29 is 9.59 Å². The number of hydrogen-bond donors (Lipinski definition) is 3. The molecule has 9 heteroatoms. The summed E-state index contributed by atoms with van der Waals surface area (Å²) in [7, 11) is 0. The summed E-state index contributed by atoms with van der Waals surface area (Å²) in [4.78, 5) is 37.5. The number of nitrogens with one attached hydrogen (secondary N) is 3. The molecule has 1 aliphatic rings. The largest absolute Gasteiger partial charge is 0.349 e. The number of anilines is 3. The van der Waals surface area contributed by atoms with Crippen molar-refractivity contribution in [3.8, 4) is 11.4 Å². The molecule has 5 rings (SSSR count). The van der Waals surface area contributed by atoms with E-state index in [9.17, 15) is 9.59 Å². The number of rotatable bonds is 7. The first kappa shape index (κ1) is 22.5. The SMILES string of the molecule is CC(=O)Nc1ccc(Nc2ncnc3c2nc(-c2ccc(C(=O)NC4CC4)cc2)n3C(C)C)cc1. The summed E-state index contributed by atoms with van der Waals surface area (Å²) < 4.78 is 2.07. The number of nitrogens with zero attached hydrogens (tertiary/aromatic N) is 4. The molecule has 35 heavy (non-hydrogen) atoms. The van der Waals surface area contributed by atoms with Crippen LogP contribution in [-0.2, 0) is 4.79 Å². The Kier molecular flexibility index (Phi) is 5.90. The van der Waals surface area contributed by atoms with Crippen molar-refractivity contribution in [2.75, 3.05) is 10.6 Å². The lowest BCUT2D eigenvalue weighted by atomic mass is 10.1. The molecule has 0 aliphatic heterocycles. The molecular formula is C26H27N7O2. The number of imidazole rings is 1. The molecule has 178 valence electrons. The monoisotopic (exact) mass is 469 g/mol. The second-order valence-corrected chi connectivity index (χ2v) is 9.00. The fourth-order valence-electron chi connectivity index (χ4n) is 3.94. The molecule has 2 aromatic heterocycles. The van der Waals surface area contributed by atoms with Crippen molar-refractivity contribution in [1.29, 1.82) is 0 Å². The Morgan fingerprint density at radius 1 is 0.971 bits per heavy atom. The summed E-state index contributed by atoms with van der Waals surface area (Å²) >= 11 is 0. The van der Waals surface area contributed by atoms with Gasteiger partial charge >= 0.3 is 0 Å². The van der Waals surface area contributed by atoms with Crippen LogP contribution >= 0.6 is 0 Å². The zero-order valence-corrected chi connectivity index (χ0v) is 19.9. The van der Waals surface area contributed by atoms with E-state index in [1.54, 1.807) is 0 Å². The van der Waals surface area contributed by atoms with Gasteiger partial charge in [-0.15, -0.1) is 0 Å². The van der Waals surface area contributed by atoms with Crippen LogP contribution in [0, 0.1) is 0 Å². The van der Waals surface area contributed by atoms with E-state index in [4.69, 9.17) is 4.98 Å². The predicted octanol–water partition coefficient (Wildman–Crippen LogP) is 4.67. The average molecular weight is 470 g/mol. The van der Waals surface area contributed by atoms with E-state index in [1.165, 1.54) is 13.3 Å². The Morgan fingerprint density at radius 2 is 1.66 bits per heavy atom. The highest BCUT2D eigenvalue weighted by Crippen LogP contribution is 2.31. The van der Waals surface area contributed by atoms with Crippen LogP contribution in [-0.4, -0.2) is 37.4 Å². The Labute approximate surface area is 203 Å². The summed E-state index contributed by atoms with van der Waals surface area (Å²) in [5.74, 6) is 1.18. The number of hydrogen-bond acceptors (Lipinski definition) is 6. The van der Waals surface area contributed by atoms with Crippen LogP contribution < -0.4 is 16.0 Å². The molecule has 0 bridgehead atoms. The number of carbonyl (C=O) groups excluding carboxylic acids is 2. The third-order valence-corrected chi connectivity index (χ3v) is 5.78. The van der Waals surface area contributed by atoms with Crippen LogP contribution in [0.25, 0.3) is 22.6 Å². The van der Waals surface area contributed by atoms with Gasteiger partial charge < -0.3 is 20.5 Å². The van der Waals surface area contributed by atoms with Gasteiger partial charge in [0.1, 0.15) is 12.2 Å². The molecule has 2 aromatic carbocycles. The molecular weight excluding hydrogens is 442 g/mol. The maximum absolute atomic E-state index is 12.4. The van der Waals surface area contributed by atoms with Gasteiger partial charge in [-0.3, -0.25) is 9.59 Å². The van der Waals surface area contributed by atoms with E-state index < -0.39 is 0 Å². The van der Waals surface area contributed by atoms with Crippen LogP contribution in [0.2, 0.25) is 0 Å². The van der Waals surface area contributed by atoms with E-state index in [2.05, 4.69) is 44.3 Å². The lowest BCUT2D eigenvalue weighted by molar-refractivity contribution is -0.114. The number of carbonyl (C=O) groups is 2. The maximum atomic E-state index is 12.4. The molecule has 1 aliphatic carbocycles. The quantitative estimate of drug-likeness (QED) is 0.362. The molecule has 9 nitrogen and oxygen atoms in total. The maximum Gasteiger partial charge on any atom is 0.251 e. The fraction of sp³-hybridized carbons (Fsp3) is 0.269. The third-order valence-electron chi connectivity index (χ3n) is 5.78. The van der Waals surface area contributed by atoms with E-state index in [-0.39, 0.29) is 17.9 Å². The lowest BCUT2D eigenvalue weighted by Gasteiger charge is -2.13. The minimum atomic E-state index is -0.119. The summed E-state index contributed by atoms with van der Waals surface area (Å²) in [6.45, 7) is 5.64. The average Bonchev–Trinajstić information content (AvgIpc) is 3.56. The van der Waals surface area contributed by atoms with Crippen LogP contribution in [0.15, 0.2) is 54.9 Å². The van der Waals surface area contributed by atoms with Gasteiger partial charge in [-0.05, 0) is 63.1 Å². The zero-order valence-electron chi connectivity index (χ0n) is 19.9. The van der Waals surface area contributed by atoms with Gasteiger partial charge in [-0.2, -0.15) is 0 Å². The summed E-state index contributed by atoms with van der Waals surface area (Å²) in [5.41, 5.74) is 4.43. The topological polar surface area (TPSA) is 114 Å². The van der Waals surface area contributed by atoms with Crippen molar-refractivity contribution in [3.05, 3.63) is 60.4 Å². The highest BCUT2D eigenvalue weighted by molar-refractivity contribution is 5.95. The normalized spacial score (nSPS) is 13.1. The lowest BCUT2D eigenvalue weighted by Crippen LogP contribution is -2.25. The highest BCUT2D eigenvalue weighted by atomic mass is 16.2. The van der Waals surface area contributed by atoms with Crippen LogP contribution in [0.3, 0.4) is 0 Å². The van der Waals surface area contributed by atoms with Crippen LogP contribution in [0.4, 0.5) is 17.2 Å². The van der Waals surface area contributed by atoms with Gasteiger partial charge in [0.2, 0.25) is 5.91 Å². The van der Waals surface area contributed by atoms with Gasteiger partial charge in [-0.25, -0.2) is 15.0 Å². The van der Waals surface area contributed by atoms with Gasteiger partial charge in [-0.1, -0.05) is 12.1 Å². The van der Waals surface area contributed by atoms with E-state index in [1.807, 2.05) is 48.5 Å². The fourth-order valence-corrected chi connectivity index (χ4v) is 3.94. The number of benzene rings is 2. The van der Waals surface area contributed by atoms with Crippen molar-refractivity contribution in [2.45, 2.75) is 45.7 Å². The Bertz CT molecular complexity index is 1390. The Morgan fingerprint density at radius 3 is 2.29 bits per heavy atom. The predicted molar refractivity (Wildman–Crippen MR) is 136 cm³/mol. The standard InChI is InChI=1S/C26H27N7O2/c1-15(2)33-24(17-4-6-18(7-5-17)26(35)31-21-12-13-21)32-22-23(27-14-28-25(22)33)30-20-10-8-19(9-11-20)29-16(3)34/h4-11,14-15,21H,12-13H2,1-3H3,(H,29,34)(H,31,35)(H,27,28,30). The molecule has 0 saturated heterocycles. The van der Waals surface area contributed by atoms with Crippen LogP contribution in [0.5, 0.6) is 0 Å². The Balaban J connectivity index is 1.47. The van der Waals surface area contributed by atoms with E-state index in [0.717, 1.165) is 41.3 Å². The molecule has 2 heterocycles. The number of fused-ring (bicyclic) bond motifs is 1. The molecule has 0 unspecified atom stereocenters. The molecule has 1 saturated carbocycles. The van der Waals surface area contributed by atoms with E-state index >= 15 is 0 Å². The van der Waals surface area contributed by atoms with E-state index in [0.29, 0.717) is 22.9 Å².